The lowest BCUT2D eigenvalue weighted by Crippen LogP contribution is -2.19. The fourth-order valence-corrected chi connectivity index (χ4v) is 3.81. The molecule has 1 atom stereocenters. The first-order valence-electron chi connectivity index (χ1n) is 9.86. The van der Waals surface area contributed by atoms with Crippen molar-refractivity contribution in [2.45, 2.75) is 39.5 Å². The molecule has 156 valence electrons. The Kier molecular flexibility index (Phi) is 7.38. The summed E-state index contributed by atoms with van der Waals surface area (Å²) in [6, 6.07) is 15.4. The number of ketones is 1. The molecule has 0 bridgehead atoms. The lowest BCUT2D eigenvalue weighted by Gasteiger charge is -2.07. The predicted octanol–water partition coefficient (Wildman–Crippen LogP) is 5.05. The number of carbonyl (C=O) groups excluding carboxylic acids is 1. The molecule has 6 heteroatoms. The second-order valence-corrected chi connectivity index (χ2v) is 8.12. The van der Waals surface area contributed by atoms with E-state index in [2.05, 4.69) is 6.92 Å². The van der Waals surface area contributed by atoms with Crippen LogP contribution in [0.25, 0.3) is 6.08 Å². The summed E-state index contributed by atoms with van der Waals surface area (Å²) in [5.74, 6) is -0.954. The molecule has 5 nitrogen and oxygen atoms in total. The van der Waals surface area contributed by atoms with Crippen molar-refractivity contribution >= 4 is 29.2 Å². The molecule has 30 heavy (non-hydrogen) atoms. The van der Waals surface area contributed by atoms with Crippen molar-refractivity contribution in [3.05, 3.63) is 87.4 Å². The fraction of sp³-hybridized carbons (Fsp3) is 0.250. The van der Waals surface area contributed by atoms with Gasteiger partial charge in [-0.3, -0.25) is 4.79 Å². The highest BCUT2D eigenvalue weighted by molar-refractivity contribution is 7.12. The van der Waals surface area contributed by atoms with Crippen molar-refractivity contribution in [2.24, 2.45) is 0 Å². The molecule has 0 saturated carbocycles. The molecule has 2 aromatic heterocycles. The van der Waals surface area contributed by atoms with Crippen LogP contribution in [0.2, 0.25) is 0 Å². The number of benzene rings is 1. The van der Waals surface area contributed by atoms with Gasteiger partial charge in [-0.25, -0.2) is 4.79 Å². The van der Waals surface area contributed by atoms with Crippen LogP contribution in [0.4, 0.5) is 0 Å². The zero-order valence-corrected chi connectivity index (χ0v) is 17.9. The van der Waals surface area contributed by atoms with Gasteiger partial charge >= 0.3 is 5.97 Å². The average Bonchev–Trinajstić information content (AvgIpc) is 3.41. The van der Waals surface area contributed by atoms with Gasteiger partial charge in [-0.1, -0.05) is 37.3 Å². The van der Waals surface area contributed by atoms with Gasteiger partial charge in [0, 0.05) is 28.1 Å². The van der Waals surface area contributed by atoms with E-state index in [1.807, 2.05) is 71.4 Å². The fourth-order valence-electron chi connectivity index (χ4n) is 2.94. The van der Waals surface area contributed by atoms with Crippen molar-refractivity contribution in [3.8, 4) is 0 Å². The number of hydrogen-bond donors (Lipinski definition) is 1. The summed E-state index contributed by atoms with van der Waals surface area (Å²) >= 11 is 1.55. The molecule has 0 radical (unpaired) electrons. The molecule has 0 saturated heterocycles. The lowest BCUT2D eigenvalue weighted by atomic mass is 10.0. The Labute approximate surface area is 180 Å². The highest BCUT2D eigenvalue weighted by Gasteiger charge is 2.13. The Morgan fingerprint density at radius 3 is 2.63 bits per heavy atom. The van der Waals surface area contributed by atoms with E-state index in [0.29, 0.717) is 17.8 Å². The van der Waals surface area contributed by atoms with Crippen molar-refractivity contribution in [1.82, 2.24) is 4.57 Å². The molecule has 0 spiro atoms. The minimum Gasteiger partial charge on any atom is -0.479 e. The van der Waals surface area contributed by atoms with E-state index >= 15 is 0 Å². The zero-order valence-electron chi connectivity index (χ0n) is 17.1. The van der Waals surface area contributed by atoms with E-state index in [4.69, 9.17) is 9.84 Å². The average molecular weight is 424 g/mol. The second-order valence-electron chi connectivity index (χ2n) is 6.92. The number of aryl methyl sites for hydroxylation is 1. The topological polar surface area (TPSA) is 68.5 Å². The minimum atomic E-state index is -0.968. The Bertz CT molecular complexity index is 1030. The van der Waals surface area contributed by atoms with Crippen LogP contribution in [0.15, 0.2) is 60.8 Å². The molecule has 3 rings (SSSR count). The summed E-state index contributed by atoms with van der Waals surface area (Å²) in [6.07, 6.45) is 6.03. The van der Waals surface area contributed by atoms with Gasteiger partial charge in [0.2, 0.25) is 5.78 Å². The third kappa shape index (κ3) is 5.55. The third-order valence-corrected chi connectivity index (χ3v) is 5.80. The molecule has 0 fully saturated rings. The third-order valence-electron chi connectivity index (χ3n) is 4.78. The number of allylic oxidation sites excluding steroid dienone is 1. The molecule has 1 aromatic carbocycles. The largest absolute Gasteiger partial charge is 0.479 e. The van der Waals surface area contributed by atoms with Crippen LogP contribution < -0.4 is 0 Å². The van der Waals surface area contributed by atoms with E-state index in [-0.39, 0.29) is 12.4 Å². The van der Waals surface area contributed by atoms with Gasteiger partial charge in [-0.15, -0.1) is 11.3 Å². The molecule has 0 aliphatic rings. The number of nitrogens with zero attached hydrogens (tertiary/aromatic N) is 1. The maximum atomic E-state index is 12.8. The number of carboxylic acid groups (broad SMARTS) is 1. The van der Waals surface area contributed by atoms with Crippen molar-refractivity contribution in [2.75, 3.05) is 0 Å². The summed E-state index contributed by atoms with van der Waals surface area (Å²) < 4.78 is 7.24. The number of aliphatic carboxylic acids is 1. The molecule has 1 N–H and O–H groups in total. The van der Waals surface area contributed by atoms with Gasteiger partial charge < -0.3 is 14.4 Å². The molecule has 0 aliphatic heterocycles. The van der Waals surface area contributed by atoms with Gasteiger partial charge in [-0.2, -0.15) is 0 Å². The van der Waals surface area contributed by atoms with Crippen molar-refractivity contribution in [1.29, 1.82) is 0 Å². The van der Waals surface area contributed by atoms with Crippen LogP contribution in [0.1, 0.15) is 45.2 Å². The first-order valence-corrected chi connectivity index (χ1v) is 10.7. The SMILES string of the molecule is CCc1ccc(C(=O)c2cccn2CC=Cc2ccc(CO[C@@H](C)C(=O)O)s2)cc1. The number of aromatic nitrogens is 1. The quantitative estimate of drug-likeness (QED) is 0.464. The number of carboxylic acids is 1. The van der Waals surface area contributed by atoms with Crippen molar-refractivity contribution in [3.63, 3.8) is 0 Å². The van der Waals surface area contributed by atoms with E-state index in [0.717, 1.165) is 16.2 Å². The van der Waals surface area contributed by atoms with Crippen LogP contribution in [-0.4, -0.2) is 27.5 Å². The van der Waals surface area contributed by atoms with E-state index in [1.54, 1.807) is 11.3 Å². The smallest absolute Gasteiger partial charge is 0.332 e. The Morgan fingerprint density at radius 2 is 1.93 bits per heavy atom. The lowest BCUT2D eigenvalue weighted by molar-refractivity contribution is -0.149. The number of thiophene rings is 1. The maximum absolute atomic E-state index is 12.8. The zero-order chi connectivity index (χ0) is 21.5. The van der Waals surface area contributed by atoms with E-state index in [9.17, 15) is 9.59 Å². The predicted molar refractivity (Wildman–Crippen MR) is 119 cm³/mol. The monoisotopic (exact) mass is 423 g/mol. The van der Waals surface area contributed by atoms with Gasteiger partial charge in [0.15, 0.2) is 6.10 Å². The first kappa shape index (κ1) is 21.7. The molecule has 3 aromatic rings. The van der Waals surface area contributed by atoms with Crippen LogP contribution in [-0.2, 0) is 29.1 Å². The Morgan fingerprint density at radius 1 is 1.17 bits per heavy atom. The molecular weight excluding hydrogens is 398 g/mol. The van der Waals surface area contributed by atoms with Gasteiger partial charge in [0.25, 0.3) is 0 Å². The molecule has 2 heterocycles. The van der Waals surface area contributed by atoms with Gasteiger partial charge in [-0.05, 0) is 49.2 Å². The van der Waals surface area contributed by atoms with Crippen LogP contribution in [0, 0.1) is 0 Å². The number of ether oxygens (including phenoxy) is 1. The summed E-state index contributed by atoms with van der Waals surface area (Å²) in [5.41, 5.74) is 2.56. The van der Waals surface area contributed by atoms with E-state index in [1.165, 1.54) is 12.5 Å². The summed E-state index contributed by atoms with van der Waals surface area (Å²) in [4.78, 5) is 25.7. The second kappa shape index (κ2) is 10.2. The highest BCUT2D eigenvalue weighted by atomic mass is 32.1. The standard InChI is InChI=1S/C24H25NO4S/c1-3-18-8-10-19(11-9-18)23(26)22-7-5-15-25(22)14-4-6-20-12-13-21(30-20)16-29-17(2)24(27)28/h4-13,15,17H,3,14,16H2,1-2H3,(H,27,28)/t17-/m0/s1. The summed E-state index contributed by atoms with van der Waals surface area (Å²) in [7, 11) is 0. The minimum absolute atomic E-state index is 0.0131. The highest BCUT2D eigenvalue weighted by Crippen LogP contribution is 2.20. The Balaban J connectivity index is 1.60. The van der Waals surface area contributed by atoms with Crippen LogP contribution in [0.3, 0.4) is 0 Å². The van der Waals surface area contributed by atoms with E-state index < -0.39 is 12.1 Å². The van der Waals surface area contributed by atoms with Crippen molar-refractivity contribution < 1.29 is 19.4 Å². The van der Waals surface area contributed by atoms with Gasteiger partial charge in [0.1, 0.15) is 0 Å². The van der Waals surface area contributed by atoms with Gasteiger partial charge in [0.05, 0.1) is 12.3 Å². The first-order chi connectivity index (χ1) is 14.5. The maximum Gasteiger partial charge on any atom is 0.332 e. The molecule has 0 amide bonds. The van der Waals surface area contributed by atoms with Crippen LogP contribution in [0.5, 0.6) is 0 Å². The molecule has 0 unspecified atom stereocenters. The number of rotatable bonds is 10. The number of carbonyl (C=O) groups is 2. The van der Waals surface area contributed by atoms with Crippen LogP contribution >= 0.6 is 11.3 Å². The molecular formula is C24H25NO4S. The number of hydrogen-bond acceptors (Lipinski definition) is 4. The normalized spacial score (nSPS) is 12.3. The Hall–Kier alpha value is -2.96. The summed E-state index contributed by atoms with van der Waals surface area (Å²) in [6.45, 7) is 4.47. The summed E-state index contributed by atoms with van der Waals surface area (Å²) in [5, 5.41) is 8.87. The molecule has 0 aliphatic carbocycles.